The Morgan fingerprint density at radius 3 is 2.56 bits per heavy atom. The van der Waals surface area contributed by atoms with E-state index < -0.39 is 17.8 Å². The molecular weight excluding hydrogens is 233 g/mol. The van der Waals surface area contributed by atoms with Gasteiger partial charge in [-0.05, 0) is 31.8 Å². The highest BCUT2D eigenvalue weighted by Crippen LogP contribution is 2.24. The molecule has 5 heteroatoms. The first-order chi connectivity index (χ1) is 7.47. The zero-order valence-electron chi connectivity index (χ0n) is 9.33. The van der Waals surface area contributed by atoms with Gasteiger partial charge in [0.2, 0.25) is 0 Å². The van der Waals surface area contributed by atoms with Crippen LogP contribution in [-0.4, -0.2) is 32.1 Å². The van der Waals surface area contributed by atoms with Crippen LogP contribution in [0.25, 0.3) is 0 Å². The van der Waals surface area contributed by atoms with Gasteiger partial charge in [0.05, 0.1) is 12.1 Å². The maximum atomic E-state index is 13.0. The van der Waals surface area contributed by atoms with E-state index in [-0.39, 0.29) is 5.02 Å². The molecule has 0 saturated carbocycles. The summed E-state index contributed by atoms with van der Waals surface area (Å²) >= 11 is 5.66. The van der Waals surface area contributed by atoms with Crippen molar-refractivity contribution < 1.29 is 13.9 Å². The van der Waals surface area contributed by atoms with Gasteiger partial charge in [0.1, 0.15) is 11.9 Å². The summed E-state index contributed by atoms with van der Waals surface area (Å²) in [6, 6.07) is 3.60. The van der Waals surface area contributed by atoms with Crippen molar-refractivity contribution in [1.82, 2.24) is 4.90 Å². The lowest BCUT2D eigenvalue weighted by atomic mass is 10.1. The fourth-order valence-corrected chi connectivity index (χ4v) is 1.63. The number of likely N-dealkylation sites (N-methyl/N-ethyl adjacent to an activating group) is 1. The van der Waals surface area contributed by atoms with Crippen LogP contribution in [0.3, 0.4) is 0 Å². The van der Waals surface area contributed by atoms with Crippen molar-refractivity contribution in [2.24, 2.45) is 0 Å². The molecule has 0 saturated heterocycles. The Morgan fingerprint density at radius 1 is 1.50 bits per heavy atom. The van der Waals surface area contributed by atoms with Crippen LogP contribution in [0.2, 0.25) is 5.02 Å². The fraction of sp³-hybridized carbons (Fsp3) is 0.364. The summed E-state index contributed by atoms with van der Waals surface area (Å²) in [5.74, 6) is -0.916. The van der Waals surface area contributed by atoms with E-state index in [4.69, 9.17) is 11.6 Å². The molecule has 0 aliphatic heterocycles. The Bertz CT molecular complexity index is 396. The minimum absolute atomic E-state index is 0.00625. The topological polar surface area (TPSA) is 29.5 Å². The van der Waals surface area contributed by atoms with Gasteiger partial charge in [-0.2, -0.15) is 0 Å². The van der Waals surface area contributed by atoms with Gasteiger partial charge < -0.3 is 4.74 Å². The monoisotopic (exact) mass is 245 g/mol. The van der Waals surface area contributed by atoms with E-state index in [2.05, 4.69) is 4.74 Å². The standard InChI is InChI=1S/C11H13ClFNO2/c1-14(2)10(11(15)16-3)7-4-5-9(13)8(12)6-7/h4-6,10H,1-3H3. The van der Waals surface area contributed by atoms with Crippen molar-refractivity contribution in [2.75, 3.05) is 21.2 Å². The fourth-order valence-electron chi connectivity index (χ4n) is 1.44. The zero-order valence-corrected chi connectivity index (χ0v) is 10.1. The molecule has 0 aromatic heterocycles. The lowest BCUT2D eigenvalue weighted by molar-refractivity contribution is -0.146. The van der Waals surface area contributed by atoms with Gasteiger partial charge in [0, 0.05) is 0 Å². The third-order valence-electron chi connectivity index (χ3n) is 2.20. The van der Waals surface area contributed by atoms with E-state index in [1.165, 1.54) is 25.3 Å². The van der Waals surface area contributed by atoms with Gasteiger partial charge in [-0.25, -0.2) is 9.18 Å². The van der Waals surface area contributed by atoms with E-state index >= 15 is 0 Å². The third kappa shape index (κ3) is 2.71. The van der Waals surface area contributed by atoms with E-state index in [0.29, 0.717) is 5.56 Å². The first-order valence-electron chi connectivity index (χ1n) is 4.66. The van der Waals surface area contributed by atoms with Crippen LogP contribution in [-0.2, 0) is 9.53 Å². The Balaban J connectivity index is 3.11. The number of hydrogen-bond donors (Lipinski definition) is 0. The van der Waals surface area contributed by atoms with Crippen molar-refractivity contribution in [3.05, 3.63) is 34.6 Å². The molecule has 0 fully saturated rings. The van der Waals surface area contributed by atoms with Crippen LogP contribution in [0, 0.1) is 5.82 Å². The lowest BCUT2D eigenvalue weighted by Crippen LogP contribution is -2.28. The summed E-state index contributed by atoms with van der Waals surface area (Å²) in [5, 5.41) is -0.00625. The Labute approximate surface area is 98.8 Å². The molecule has 0 amide bonds. The highest BCUT2D eigenvalue weighted by atomic mass is 35.5. The van der Waals surface area contributed by atoms with Crippen LogP contribution in [0.1, 0.15) is 11.6 Å². The molecule has 1 aromatic rings. The molecule has 0 bridgehead atoms. The van der Waals surface area contributed by atoms with Crippen LogP contribution in [0.5, 0.6) is 0 Å². The molecule has 16 heavy (non-hydrogen) atoms. The number of benzene rings is 1. The number of carbonyl (C=O) groups excluding carboxylic acids is 1. The van der Waals surface area contributed by atoms with Crippen LogP contribution >= 0.6 is 11.6 Å². The van der Waals surface area contributed by atoms with Gasteiger partial charge in [-0.15, -0.1) is 0 Å². The molecule has 0 N–H and O–H groups in total. The molecule has 1 unspecified atom stereocenters. The molecule has 0 radical (unpaired) electrons. The lowest BCUT2D eigenvalue weighted by Gasteiger charge is -2.22. The van der Waals surface area contributed by atoms with Gasteiger partial charge in [-0.1, -0.05) is 17.7 Å². The predicted octanol–water partition coefficient (Wildman–Crippen LogP) is 2.25. The smallest absolute Gasteiger partial charge is 0.327 e. The molecular formula is C11H13ClFNO2. The number of hydrogen-bond acceptors (Lipinski definition) is 3. The van der Waals surface area contributed by atoms with Gasteiger partial charge in [0.15, 0.2) is 0 Å². The number of rotatable bonds is 3. The number of esters is 1. The highest BCUT2D eigenvalue weighted by molar-refractivity contribution is 6.30. The normalized spacial score (nSPS) is 12.6. The summed E-state index contributed by atoms with van der Waals surface area (Å²) in [6.45, 7) is 0. The number of nitrogens with zero attached hydrogens (tertiary/aromatic N) is 1. The van der Waals surface area contributed by atoms with Crippen molar-refractivity contribution in [2.45, 2.75) is 6.04 Å². The summed E-state index contributed by atoms with van der Waals surface area (Å²) in [7, 11) is 4.78. The second-order valence-corrected chi connectivity index (χ2v) is 3.97. The Kier molecular flexibility index (Phi) is 4.26. The molecule has 1 aromatic carbocycles. The quantitative estimate of drug-likeness (QED) is 0.765. The molecule has 1 atom stereocenters. The average molecular weight is 246 g/mol. The largest absolute Gasteiger partial charge is 0.468 e. The first kappa shape index (κ1) is 12.9. The zero-order chi connectivity index (χ0) is 12.3. The molecule has 0 aliphatic carbocycles. The molecule has 0 spiro atoms. The molecule has 0 aliphatic rings. The van der Waals surface area contributed by atoms with Gasteiger partial charge in [-0.3, -0.25) is 4.90 Å². The summed E-state index contributed by atoms with van der Waals surface area (Å²) in [4.78, 5) is 13.2. The summed E-state index contributed by atoms with van der Waals surface area (Å²) in [5.41, 5.74) is 0.600. The first-order valence-corrected chi connectivity index (χ1v) is 5.04. The number of halogens is 2. The van der Waals surface area contributed by atoms with Crippen molar-refractivity contribution in [3.63, 3.8) is 0 Å². The third-order valence-corrected chi connectivity index (χ3v) is 2.49. The van der Waals surface area contributed by atoms with Gasteiger partial charge in [0.25, 0.3) is 0 Å². The van der Waals surface area contributed by atoms with Gasteiger partial charge >= 0.3 is 5.97 Å². The second-order valence-electron chi connectivity index (χ2n) is 3.56. The maximum absolute atomic E-state index is 13.0. The van der Waals surface area contributed by atoms with Crippen LogP contribution in [0.15, 0.2) is 18.2 Å². The van der Waals surface area contributed by atoms with Crippen molar-refractivity contribution in [3.8, 4) is 0 Å². The minimum atomic E-state index is -0.580. The van der Waals surface area contributed by atoms with Crippen LogP contribution in [0.4, 0.5) is 4.39 Å². The van der Waals surface area contributed by atoms with E-state index in [0.717, 1.165) is 0 Å². The molecule has 88 valence electrons. The predicted molar refractivity (Wildman–Crippen MR) is 59.9 cm³/mol. The van der Waals surface area contributed by atoms with Crippen molar-refractivity contribution >= 4 is 17.6 Å². The Morgan fingerprint density at radius 2 is 2.12 bits per heavy atom. The molecule has 1 rings (SSSR count). The van der Waals surface area contributed by atoms with Crippen LogP contribution < -0.4 is 0 Å². The summed E-state index contributed by atoms with van der Waals surface area (Å²) in [6.07, 6.45) is 0. The number of carbonyl (C=O) groups is 1. The van der Waals surface area contributed by atoms with Crippen molar-refractivity contribution in [1.29, 1.82) is 0 Å². The minimum Gasteiger partial charge on any atom is -0.468 e. The molecule has 3 nitrogen and oxygen atoms in total. The SMILES string of the molecule is COC(=O)C(c1ccc(F)c(Cl)c1)N(C)C. The Hall–Kier alpha value is -1.13. The van der Waals surface area contributed by atoms with E-state index in [1.54, 1.807) is 19.0 Å². The number of ether oxygens (including phenoxy) is 1. The van der Waals surface area contributed by atoms with E-state index in [1.807, 2.05) is 0 Å². The molecule has 0 heterocycles. The van der Waals surface area contributed by atoms with E-state index in [9.17, 15) is 9.18 Å². The maximum Gasteiger partial charge on any atom is 0.327 e. The average Bonchev–Trinajstić information content (AvgIpc) is 2.22. The number of methoxy groups -OCH3 is 1. The second kappa shape index (κ2) is 5.27. The summed E-state index contributed by atoms with van der Waals surface area (Å²) < 4.78 is 17.7. The highest BCUT2D eigenvalue weighted by Gasteiger charge is 2.24.